The van der Waals surface area contributed by atoms with Gasteiger partial charge in [-0.05, 0) is 36.5 Å². The normalized spacial score (nSPS) is 14.4. The number of hydrogen-bond acceptors (Lipinski definition) is 3. The predicted molar refractivity (Wildman–Crippen MR) is 102 cm³/mol. The van der Waals surface area contributed by atoms with E-state index in [9.17, 15) is 14.4 Å². The largest absolute Gasteiger partial charge is 0.349 e. The quantitative estimate of drug-likeness (QED) is 0.785. The Balaban J connectivity index is 2.07. The molecule has 2 rings (SSSR count). The Morgan fingerprint density at radius 2 is 2.00 bits per heavy atom. The van der Waals surface area contributed by atoms with Crippen LogP contribution in [0.3, 0.4) is 0 Å². The molecule has 1 atom stereocenters. The van der Waals surface area contributed by atoms with Crippen molar-refractivity contribution >= 4 is 23.4 Å². The van der Waals surface area contributed by atoms with Crippen molar-refractivity contribution in [3.63, 3.8) is 0 Å². The first-order valence-corrected chi connectivity index (χ1v) is 9.30. The smallest absolute Gasteiger partial charge is 0.251 e. The molecule has 26 heavy (non-hydrogen) atoms. The fourth-order valence-electron chi connectivity index (χ4n) is 3.18. The topological polar surface area (TPSA) is 78.5 Å². The van der Waals surface area contributed by atoms with Crippen LogP contribution in [-0.4, -0.2) is 42.3 Å². The minimum atomic E-state index is -0.124. The van der Waals surface area contributed by atoms with E-state index in [1.54, 1.807) is 24.1 Å². The molecule has 0 saturated carbocycles. The van der Waals surface area contributed by atoms with Crippen LogP contribution >= 0.6 is 0 Å². The zero-order chi connectivity index (χ0) is 19.3. The Labute approximate surface area is 155 Å². The van der Waals surface area contributed by atoms with E-state index in [1.807, 2.05) is 13.0 Å². The molecule has 0 radical (unpaired) electrons. The first kappa shape index (κ1) is 19.9. The van der Waals surface area contributed by atoms with Crippen LogP contribution in [0.4, 0.5) is 5.69 Å². The van der Waals surface area contributed by atoms with E-state index in [4.69, 9.17) is 0 Å². The van der Waals surface area contributed by atoms with Gasteiger partial charge in [0.05, 0.1) is 0 Å². The maximum Gasteiger partial charge on any atom is 0.251 e. The molecular formula is C20H29N3O3. The molecule has 0 aliphatic carbocycles. The molecule has 2 N–H and O–H groups in total. The van der Waals surface area contributed by atoms with Crippen LogP contribution in [0.5, 0.6) is 0 Å². The maximum absolute atomic E-state index is 12.8. The summed E-state index contributed by atoms with van der Waals surface area (Å²) in [6.07, 6.45) is 2.16. The van der Waals surface area contributed by atoms with Gasteiger partial charge in [-0.3, -0.25) is 14.4 Å². The van der Waals surface area contributed by atoms with Gasteiger partial charge in [-0.2, -0.15) is 0 Å². The second kappa shape index (κ2) is 8.83. The minimum Gasteiger partial charge on any atom is -0.349 e. The van der Waals surface area contributed by atoms with Gasteiger partial charge < -0.3 is 15.5 Å². The molecule has 6 heteroatoms. The van der Waals surface area contributed by atoms with Gasteiger partial charge in [-0.1, -0.05) is 26.8 Å². The van der Waals surface area contributed by atoms with Crippen LogP contribution in [0.2, 0.25) is 0 Å². The fourth-order valence-corrected chi connectivity index (χ4v) is 3.18. The second-order valence-electron chi connectivity index (χ2n) is 7.16. The van der Waals surface area contributed by atoms with Crippen molar-refractivity contribution in [2.75, 3.05) is 18.9 Å². The van der Waals surface area contributed by atoms with E-state index in [-0.39, 0.29) is 29.7 Å². The number of anilines is 1. The van der Waals surface area contributed by atoms with Crippen molar-refractivity contribution in [2.24, 2.45) is 5.92 Å². The summed E-state index contributed by atoms with van der Waals surface area (Å²) in [4.78, 5) is 37.8. The van der Waals surface area contributed by atoms with Crippen molar-refractivity contribution in [2.45, 2.75) is 52.5 Å². The summed E-state index contributed by atoms with van der Waals surface area (Å²) in [5.74, 6) is 0.218. The minimum absolute atomic E-state index is 0.0151. The van der Waals surface area contributed by atoms with Gasteiger partial charge in [0, 0.05) is 43.7 Å². The van der Waals surface area contributed by atoms with Crippen LogP contribution in [-0.2, 0) is 16.0 Å². The fraction of sp³-hybridized carbons (Fsp3) is 0.550. The first-order valence-electron chi connectivity index (χ1n) is 9.30. The molecule has 0 aromatic heterocycles. The van der Waals surface area contributed by atoms with E-state index in [0.29, 0.717) is 37.8 Å². The number of nitrogens with one attached hydrogen (secondary N) is 2. The molecule has 1 unspecified atom stereocenters. The molecular weight excluding hydrogens is 330 g/mol. The highest BCUT2D eigenvalue weighted by Crippen LogP contribution is 2.26. The molecule has 6 nitrogen and oxygen atoms in total. The van der Waals surface area contributed by atoms with Gasteiger partial charge in [-0.15, -0.1) is 0 Å². The average molecular weight is 359 g/mol. The Morgan fingerprint density at radius 3 is 2.65 bits per heavy atom. The molecule has 1 aliphatic heterocycles. The molecule has 3 amide bonds. The predicted octanol–water partition coefficient (Wildman–Crippen LogP) is 2.58. The lowest BCUT2D eigenvalue weighted by Crippen LogP contribution is -2.42. The summed E-state index contributed by atoms with van der Waals surface area (Å²) in [6.45, 7) is 6.58. The molecule has 0 bridgehead atoms. The zero-order valence-electron chi connectivity index (χ0n) is 16.1. The summed E-state index contributed by atoms with van der Waals surface area (Å²) in [6, 6.07) is 5.39. The lowest BCUT2D eigenvalue weighted by atomic mass is 9.95. The Kier molecular flexibility index (Phi) is 6.77. The third-order valence-corrected chi connectivity index (χ3v) is 4.92. The van der Waals surface area contributed by atoms with E-state index in [2.05, 4.69) is 24.5 Å². The number of amides is 3. The number of carbonyl (C=O) groups excluding carboxylic acids is 3. The molecule has 1 aromatic rings. The summed E-state index contributed by atoms with van der Waals surface area (Å²) >= 11 is 0. The van der Waals surface area contributed by atoms with E-state index >= 15 is 0 Å². The molecule has 0 fully saturated rings. The van der Waals surface area contributed by atoms with Gasteiger partial charge in [0.15, 0.2) is 0 Å². The van der Waals surface area contributed by atoms with Crippen LogP contribution in [0.1, 0.15) is 56.0 Å². The van der Waals surface area contributed by atoms with Gasteiger partial charge in [0.25, 0.3) is 5.91 Å². The van der Waals surface area contributed by atoms with Crippen LogP contribution < -0.4 is 10.6 Å². The third kappa shape index (κ3) is 4.84. The Bertz CT molecular complexity index is 685. The molecule has 0 spiro atoms. The molecule has 1 aliphatic rings. The molecule has 1 aromatic carbocycles. The SMILES string of the molecule is CCC(=O)N(C)CCC(NC(=O)c1cccc2c1CCC(=O)N2)C(C)C. The maximum atomic E-state index is 12.8. The van der Waals surface area contributed by atoms with Gasteiger partial charge in [0.1, 0.15) is 0 Å². The monoisotopic (exact) mass is 359 g/mol. The van der Waals surface area contributed by atoms with Crippen LogP contribution in [0, 0.1) is 5.92 Å². The molecule has 1 heterocycles. The number of benzene rings is 1. The van der Waals surface area contributed by atoms with E-state index < -0.39 is 0 Å². The van der Waals surface area contributed by atoms with Gasteiger partial charge in [-0.25, -0.2) is 0 Å². The van der Waals surface area contributed by atoms with Crippen molar-refractivity contribution < 1.29 is 14.4 Å². The Morgan fingerprint density at radius 1 is 1.27 bits per heavy atom. The van der Waals surface area contributed by atoms with Crippen LogP contribution in [0.15, 0.2) is 18.2 Å². The van der Waals surface area contributed by atoms with Crippen molar-refractivity contribution in [1.29, 1.82) is 0 Å². The van der Waals surface area contributed by atoms with Crippen molar-refractivity contribution in [1.82, 2.24) is 10.2 Å². The first-order chi connectivity index (χ1) is 12.3. The highest BCUT2D eigenvalue weighted by molar-refractivity contribution is 6.01. The standard InChI is InChI=1S/C20H29N3O3/c1-5-19(25)23(4)12-11-16(13(2)3)22-20(26)15-7-6-8-17-14(15)9-10-18(24)21-17/h6-8,13,16H,5,9-12H2,1-4H3,(H,21,24)(H,22,26). The summed E-state index contributed by atoms with van der Waals surface area (Å²) in [5.41, 5.74) is 2.24. The van der Waals surface area contributed by atoms with Crippen molar-refractivity contribution in [3.05, 3.63) is 29.3 Å². The van der Waals surface area contributed by atoms with Gasteiger partial charge in [0.2, 0.25) is 11.8 Å². The average Bonchev–Trinajstić information content (AvgIpc) is 2.62. The van der Waals surface area contributed by atoms with Crippen LogP contribution in [0.25, 0.3) is 0 Å². The Hall–Kier alpha value is -2.37. The lowest BCUT2D eigenvalue weighted by Gasteiger charge is -2.26. The lowest BCUT2D eigenvalue weighted by molar-refractivity contribution is -0.129. The summed E-state index contributed by atoms with van der Waals surface area (Å²) < 4.78 is 0. The van der Waals surface area contributed by atoms with Gasteiger partial charge >= 0.3 is 0 Å². The molecule has 142 valence electrons. The number of rotatable bonds is 7. The highest BCUT2D eigenvalue weighted by atomic mass is 16.2. The third-order valence-electron chi connectivity index (χ3n) is 4.92. The second-order valence-corrected chi connectivity index (χ2v) is 7.16. The highest BCUT2D eigenvalue weighted by Gasteiger charge is 2.23. The van der Waals surface area contributed by atoms with E-state index in [1.165, 1.54) is 0 Å². The molecule has 0 saturated heterocycles. The number of nitrogens with zero attached hydrogens (tertiary/aromatic N) is 1. The zero-order valence-corrected chi connectivity index (χ0v) is 16.1. The number of fused-ring (bicyclic) bond motifs is 1. The summed E-state index contributed by atoms with van der Waals surface area (Å²) in [7, 11) is 1.79. The van der Waals surface area contributed by atoms with Crippen molar-refractivity contribution in [3.8, 4) is 0 Å². The summed E-state index contributed by atoms with van der Waals surface area (Å²) in [5, 5.41) is 5.94. The number of carbonyl (C=O) groups is 3. The van der Waals surface area contributed by atoms with E-state index in [0.717, 1.165) is 11.3 Å². The number of hydrogen-bond donors (Lipinski definition) is 2.